The molecule has 0 saturated heterocycles. The maximum absolute atomic E-state index is 5.68. The van der Waals surface area contributed by atoms with E-state index in [0.717, 1.165) is 13.2 Å². The van der Waals surface area contributed by atoms with Crippen molar-refractivity contribution in [2.24, 2.45) is 0 Å². The van der Waals surface area contributed by atoms with E-state index in [2.05, 4.69) is 13.8 Å². The zero-order valence-corrected chi connectivity index (χ0v) is 28.1. The van der Waals surface area contributed by atoms with Crippen molar-refractivity contribution in [2.45, 2.75) is 168 Å². The highest BCUT2D eigenvalue weighted by molar-refractivity contribution is 4.50. The average Bonchev–Trinajstić information content (AvgIpc) is 2.98. The lowest BCUT2D eigenvalue weighted by Crippen LogP contribution is -2.13. The molecule has 5 nitrogen and oxygen atoms in total. The van der Waals surface area contributed by atoms with Crippen LogP contribution in [0.5, 0.6) is 0 Å². The molecule has 0 N–H and O–H groups in total. The molecule has 5 heteroatoms. The van der Waals surface area contributed by atoms with Gasteiger partial charge < -0.3 is 23.7 Å². The Bertz CT molecular complexity index is 396. The molecule has 0 aliphatic carbocycles. The van der Waals surface area contributed by atoms with Gasteiger partial charge in [0.1, 0.15) is 0 Å². The Morgan fingerprint density at radius 2 is 0.366 bits per heavy atom. The zero-order valence-electron chi connectivity index (χ0n) is 28.1. The predicted octanol–water partition coefficient (Wildman–Crippen LogP) is 10.5. The third-order valence-corrected chi connectivity index (χ3v) is 7.77. The van der Waals surface area contributed by atoms with Crippen LogP contribution in [0.15, 0.2) is 0 Å². The Kier molecular flexibility index (Phi) is 39.6. The highest BCUT2D eigenvalue weighted by Crippen LogP contribution is 2.13. The summed E-state index contributed by atoms with van der Waals surface area (Å²) in [5.41, 5.74) is 0. The molecule has 0 saturated carbocycles. The van der Waals surface area contributed by atoms with E-state index in [1.807, 2.05) is 0 Å². The molecule has 0 spiro atoms. The molecule has 0 fully saturated rings. The molecule has 0 radical (unpaired) electrons. The van der Waals surface area contributed by atoms with Crippen LogP contribution in [-0.2, 0) is 23.7 Å². The first kappa shape index (κ1) is 40.8. The van der Waals surface area contributed by atoms with Crippen molar-refractivity contribution < 1.29 is 23.7 Å². The van der Waals surface area contributed by atoms with E-state index in [-0.39, 0.29) is 0 Å². The lowest BCUT2D eigenvalue weighted by molar-refractivity contribution is -0.0114. The van der Waals surface area contributed by atoms with Crippen LogP contribution in [0.25, 0.3) is 0 Å². The molecule has 0 aliphatic rings. The van der Waals surface area contributed by atoms with Crippen molar-refractivity contribution in [2.75, 3.05) is 66.1 Å². The average molecular weight is 587 g/mol. The molecule has 0 atom stereocenters. The second-order valence-corrected chi connectivity index (χ2v) is 11.8. The molecule has 248 valence electrons. The Morgan fingerprint density at radius 1 is 0.195 bits per heavy atom. The lowest BCUT2D eigenvalue weighted by atomic mass is 10.0. The van der Waals surface area contributed by atoms with Gasteiger partial charge in [-0.05, 0) is 12.8 Å². The molecule has 0 unspecified atom stereocenters. The number of rotatable bonds is 38. The van der Waals surface area contributed by atoms with Crippen molar-refractivity contribution in [3.63, 3.8) is 0 Å². The fourth-order valence-electron chi connectivity index (χ4n) is 5.07. The van der Waals surface area contributed by atoms with Crippen molar-refractivity contribution in [3.05, 3.63) is 0 Å². The first-order valence-electron chi connectivity index (χ1n) is 18.3. The minimum atomic E-state index is 0.609. The highest BCUT2D eigenvalue weighted by atomic mass is 16.6. The topological polar surface area (TPSA) is 46.2 Å². The van der Waals surface area contributed by atoms with Crippen LogP contribution in [0.2, 0.25) is 0 Å². The Morgan fingerprint density at radius 3 is 0.585 bits per heavy atom. The van der Waals surface area contributed by atoms with Gasteiger partial charge >= 0.3 is 0 Å². The molecule has 0 aliphatic heterocycles. The number of hydrogen-bond donors (Lipinski definition) is 0. The quantitative estimate of drug-likeness (QED) is 0.0673. The van der Waals surface area contributed by atoms with Gasteiger partial charge in [-0.1, -0.05) is 155 Å². The van der Waals surface area contributed by atoms with E-state index in [0.29, 0.717) is 52.9 Å². The number of unbranched alkanes of at least 4 members (excludes halogenated alkanes) is 22. The van der Waals surface area contributed by atoms with Crippen LogP contribution in [0, 0.1) is 0 Å². The largest absolute Gasteiger partial charge is 0.379 e. The molecular formula is C36H74O5. The second-order valence-electron chi connectivity index (χ2n) is 11.8. The number of ether oxygens (including phenoxy) is 5. The summed E-state index contributed by atoms with van der Waals surface area (Å²) in [6.07, 6.45) is 33.0. The van der Waals surface area contributed by atoms with E-state index < -0.39 is 0 Å². The van der Waals surface area contributed by atoms with Crippen molar-refractivity contribution >= 4 is 0 Å². The predicted molar refractivity (Wildman–Crippen MR) is 176 cm³/mol. The monoisotopic (exact) mass is 587 g/mol. The molecule has 0 rings (SSSR count). The maximum atomic E-state index is 5.68. The smallest absolute Gasteiger partial charge is 0.0701 e. The molecule has 0 aromatic carbocycles. The molecule has 0 aromatic rings. The van der Waals surface area contributed by atoms with Gasteiger partial charge in [0, 0.05) is 13.2 Å². The van der Waals surface area contributed by atoms with Crippen LogP contribution >= 0.6 is 0 Å². The van der Waals surface area contributed by atoms with E-state index in [9.17, 15) is 0 Å². The van der Waals surface area contributed by atoms with Crippen molar-refractivity contribution in [1.82, 2.24) is 0 Å². The van der Waals surface area contributed by atoms with Crippen LogP contribution in [0.4, 0.5) is 0 Å². The molecule has 0 amide bonds. The third kappa shape index (κ3) is 39.8. The van der Waals surface area contributed by atoms with Crippen LogP contribution in [-0.4, -0.2) is 66.1 Å². The van der Waals surface area contributed by atoms with Gasteiger partial charge in [0.25, 0.3) is 0 Å². The lowest BCUT2D eigenvalue weighted by Gasteiger charge is -2.08. The molecular weight excluding hydrogens is 512 g/mol. The van der Waals surface area contributed by atoms with E-state index in [1.165, 1.54) is 154 Å². The second kappa shape index (κ2) is 39.8. The normalized spacial score (nSPS) is 11.6. The summed E-state index contributed by atoms with van der Waals surface area (Å²) in [4.78, 5) is 0. The van der Waals surface area contributed by atoms with Crippen molar-refractivity contribution in [3.8, 4) is 0 Å². The number of hydrogen-bond acceptors (Lipinski definition) is 5. The summed E-state index contributed by atoms with van der Waals surface area (Å²) >= 11 is 0. The molecule has 0 aromatic heterocycles. The van der Waals surface area contributed by atoms with E-state index in [1.54, 1.807) is 0 Å². The first-order chi connectivity index (χ1) is 20.4. The van der Waals surface area contributed by atoms with E-state index in [4.69, 9.17) is 23.7 Å². The zero-order chi connectivity index (χ0) is 29.6. The Hall–Kier alpha value is -0.200. The minimum absolute atomic E-state index is 0.609. The van der Waals surface area contributed by atoms with Gasteiger partial charge in [0.05, 0.1) is 52.9 Å². The summed E-state index contributed by atoms with van der Waals surface area (Å²) in [6, 6.07) is 0. The molecule has 0 bridgehead atoms. The van der Waals surface area contributed by atoms with Crippen LogP contribution in [0.1, 0.15) is 168 Å². The van der Waals surface area contributed by atoms with Gasteiger partial charge in [-0.25, -0.2) is 0 Å². The summed E-state index contributed by atoms with van der Waals surface area (Å²) in [6.45, 7) is 11.4. The SMILES string of the molecule is CCCCCCCCCCCCCCCOCCOCCOCCOCCOCCCCCCCCCCCCC. The summed E-state index contributed by atoms with van der Waals surface area (Å²) in [5.74, 6) is 0. The fraction of sp³-hybridized carbons (Fsp3) is 1.00. The first-order valence-corrected chi connectivity index (χ1v) is 18.3. The van der Waals surface area contributed by atoms with Gasteiger partial charge in [-0.3, -0.25) is 0 Å². The molecule has 0 heterocycles. The summed E-state index contributed by atoms with van der Waals surface area (Å²) < 4.78 is 28.1. The summed E-state index contributed by atoms with van der Waals surface area (Å²) in [5, 5.41) is 0. The van der Waals surface area contributed by atoms with E-state index >= 15 is 0 Å². The standard InChI is InChI=1S/C36H74O5/c1-3-5-7-9-11-13-15-16-18-20-22-24-26-28-38-30-32-40-34-36-41-35-33-39-31-29-37-27-25-23-21-19-17-14-12-10-8-6-4-2/h3-36H2,1-2H3. The fourth-order valence-corrected chi connectivity index (χ4v) is 5.07. The third-order valence-electron chi connectivity index (χ3n) is 7.77. The highest BCUT2D eigenvalue weighted by Gasteiger charge is 1.97. The van der Waals surface area contributed by atoms with Gasteiger partial charge in [0.15, 0.2) is 0 Å². The maximum Gasteiger partial charge on any atom is 0.0701 e. The van der Waals surface area contributed by atoms with Crippen LogP contribution < -0.4 is 0 Å². The minimum Gasteiger partial charge on any atom is -0.379 e. The Labute approximate surface area is 257 Å². The van der Waals surface area contributed by atoms with Crippen LogP contribution in [0.3, 0.4) is 0 Å². The van der Waals surface area contributed by atoms with Gasteiger partial charge in [-0.2, -0.15) is 0 Å². The molecule has 41 heavy (non-hydrogen) atoms. The van der Waals surface area contributed by atoms with Crippen molar-refractivity contribution in [1.29, 1.82) is 0 Å². The van der Waals surface area contributed by atoms with Gasteiger partial charge in [-0.15, -0.1) is 0 Å². The Balaban J connectivity index is 3.02. The summed E-state index contributed by atoms with van der Waals surface area (Å²) in [7, 11) is 0. The van der Waals surface area contributed by atoms with Gasteiger partial charge in [0.2, 0.25) is 0 Å².